The summed E-state index contributed by atoms with van der Waals surface area (Å²) < 4.78 is 0. The monoisotopic (exact) mass is 211 g/mol. The number of nitrogens with zero attached hydrogens (tertiary/aromatic N) is 1. The maximum Gasteiger partial charge on any atom is 0.190 e. The van der Waals surface area contributed by atoms with Gasteiger partial charge in [0.05, 0.1) is 5.69 Å². The Kier molecular flexibility index (Phi) is 2.82. The van der Waals surface area contributed by atoms with Crippen LogP contribution in [0.2, 0.25) is 0 Å². The third-order valence-electron chi connectivity index (χ3n) is 2.09. The molecule has 1 aromatic heterocycles. The minimum Gasteiger partial charge on any atom is -0.370 e. The van der Waals surface area contributed by atoms with E-state index in [1.54, 1.807) is 18.5 Å². The molecule has 79 valence electrons. The SMILES string of the molecule is N=C(N)Nc1[c]cccc1-c1cccnc1. The molecule has 0 saturated heterocycles. The molecule has 0 spiro atoms. The molecular weight excluding hydrogens is 200 g/mol. The Bertz CT molecular complexity index is 493. The number of para-hydroxylation sites is 1. The number of guanidine groups is 1. The third-order valence-corrected chi connectivity index (χ3v) is 2.09. The molecule has 16 heavy (non-hydrogen) atoms. The highest BCUT2D eigenvalue weighted by Crippen LogP contribution is 2.26. The van der Waals surface area contributed by atoms with Crippen LogP contribution < -0.4 is 11.1 Å². The molecule has 0 unspecified atom stereocenters. The van der Waals surface area contributed by atoms with Crippen molar-refractivity contribution in [1.29, 1.82) is 5.41 Å². The quantitative estimate of drug-likeness (QED) is 0.524. The molecule has 1 heterocycles. The van der Waals surface area contributed by atoms with E-state index >= 15 is 0 Å². The summed E-state index contributed by atoms with van der Waals surface area (Å²) in [4.78, 5) is 4.05. The van der Waals surface area contributed by atoms with Gasteiger partial charge >= 0.3 is 0 Å². The summed E-state index contributed by atoms with van der Waals surface area (Å²) in [6, 6.07) is 12.4. The summed E-state index contributed by atoms with van der Waals surface area (Å²) in [5.74, 6) is -0.104. The third kappa shape index (κ3) is 2.17. The molecule has 0 amide bonds. The van der Waals surface area contributed by atoms with Gasteiger partial charge in [0.25, 0.3) is 0 Å². The van der Waals surface area contributed by atoms with E-state index in [1.807, 2.05) is 24.3 Å². The molecule has 1 radical (unpaired) electrons. The zero-order chi connectivity index (χ0) is 11.4. The normalized spacial score (nSPS) is 9.75. The first-order valence-electron chi connectivity index (χ1n) is 4.79. The van der Waals surface area contributed by atoms with Crippen LogP contribution in [0.4, 0.5) is 5.69 Å². The van der Waals surface area contributed by atoms with Gasteiger partial charge in [0.2, 0.25) is 0 Å². The Hall–Kier alpha value is -2.36. The Morgan fingerprint density at radius 3 is 2.94 bits per heavy atom. The van der Waals surface area contributed by atoms with Gasteiger partial charge in [-0.3, -0.25) is 10.4 Å². The molecule has 0 aliphatic heterocycles. The van der Waals surface area contributed by atoms with E-state index in [0.717, 1.165) is 11.1 Å². The van der Waals surface area contributed by atoms with Crippen molar-refractivity contribution in [3.8, 4) is 11.1 Å². The van der Waals surface area contributed by atoms with E-state index in [2.05, 4.69) is 16.4 Å². The summed E-state index contributed by atoms with van der Waals surface area (Å²) >= 11 is 0. The lowest BCUT2D eigenvalue weighted by Crippen LogP contribution is -2.20. The van der Waals surface area contributed by atoms with E-state index in [9.17, 15) is 0 Å². The summed E-state index contributed by atoms with van der Waals surface area (Å²) in [5.41, 5.74) is 7.87. The topological polar surface area (TPSA) is 74.8 Å². The Morgan fingerprint density at radius 1 is 1.38 bits per heavy atom. The van der Waals surface area contributed by atoms with Gasteiger partial charge < -0.3 is 11.1 Å². The molecule has 0 bridgehead atoms. The molecule has 2 rings (SSSR count). The lowest BCUT2D eigenvalue weighted by Gasteiger charge is -2.09. The van der Waals surface area contributed by atoms with Crippen LogP contribution in [0.5, 0.6) is 0 Å². The number of rotatable bonds is 2. The van der Waals surface area contributed by atoms with Crippen LogP contribution in [0.1, 0.15) is 0 Å². The van der Waals surface area contributed by atoms with Gasteiger partial charge in [-0.2, -0.15) is 0 Å². The summed E-state index contributed by atoms with van der Waals surface area (Å²) in [5, 5.41) is 9.97. The smallest absolute Gasteiger partial charge is 0.190 e. The maximum atomic E-state index is 7.22. The van der Waals surface area contributed by atoms with Crippen molar-refractivity contribution in [2.24, 2.45) is 5.73 Å². The standard InChI is InChI=1S/C12H11N4/c13-12(14)16-11-6-2-1-5-10(11)9-4-3-7-15-8-9/h1-5,7-8H,(H4,13,14,16). The van der Waals surface area contributed by atoms with Crippen LogP contribution in [0.25, 0.3) is 11.1 Å². The Balaban J connectivity index is 2.44. The van der Waals surface area contributed by atoms with Crippen LogP contribution in [-0.2, 0) is 0 Å². The van der Waals surface area contributed by atoms with Crippen molar-refractivity contribution < 1.29 is 0 Å². The van der Waals surface area contributed by atoms with Crippen molar-refractivity contribution in [2.45, 2.75) is 0 Å². The Morgan fingerprint density at radius 2 is 2.25 bits per heavy atom. The number of aromatic nitrogens is 1. The number of pyridine rings is 1. The molecule has 4 nitrogen and oxygen atoms in total. The second-order valence-corrected chi connectivity index (χ2v) is 3.24. The molecule has 2 aromatic rings. The summed E-state index contributed by atoms with van der Waals surface area (Å²) in [6.45, 7) is 0. The van der Waals surface area contributed by atoms with Crippen molar-refractivity contribution in [1.82, 2.24) is 4.98 Å². The zero-order valence-electron chi connectivity index (χ0n) is 8.57. The van der Waals surface area contributed by atoms with Crippen molar-refractivity contribution >= 4 is 11.6 Å². The number of hydrogen-bond donors (Lipinski definition) is 3. The zero-order valence-corrected chi connectivity index (χ0v) is 8.57. The van der Waals surface area contributed by atoms with Crippen molar-refractivity contribution in [2.75, 3.05) is 5.32 Å². The second kappa shape index (κ2) is 4.44. The van der Waals surface area contributed by atoms with E-state index in [4.69, 9.17) is 11.1 Å². The van der Waals surface area contributed by atoms with Gasteiger partial charge in [-0.15, -0.1) is 0 Å². The highest BCUT2D eigenvalue weighted by Gasteiger charge is 2.04. The molecule has 1 aromatic carbocycles. The van der Waals surface area contributed by atoms with Gasteiger partial charge in [0.15, 0.2) is 5.96 Å². The molecular formula is C12H11N4. The largest absolute Gasteiger partial charge is 0.370 e. The minimum absolute atomic E-state index is 0.104. The first-order valence-corrected chi connectivity index (χ1v) is 4.79. The number of nitrogens with one attached hydrogen (secondary N) is 2. The second-order valence-electron chi connectivity index (χ2n) is 3.24. The lowest BCUT2D eigenvalue weighted by atomic mass is 10.1. The van der Waals surface area contributed by atoms with E-state index in [1.165, 1.54) is 0 Å². The molecule has 0 saturated carbocycles. The summed E-state index contributed by atoms with van der Waals surface area (Å²) in [6.07, 6.45) is 3.47. The van der Waals surface area contributed by atoms with Crippen LogP contribution in [0, 0.1) is 11.5 Å². The highest BCUT2D eigenvalue weighted by molar-refractivity contribution is 5.94. The first-order chi connectivity index (χ1) is 7.77. The summed E-state index contributed by atoms with van der Waals surface area (Å²) in [7, 11) is 0. The van der Waals surface area contributed by atoms with E-state index < -0.39 is 0 Å². The van der Waals surface area contributed by atoms with Gasteiger partial charge in [-0.05, 0) is 6.07 Å². The number of hydrogen-bond acceptors (Lipinski definition) is 2. The van der Waals surface area contributed by atoms with E-state index in [0.29, 0.717) is 5.69 Å². The van der Waals surface area contributed by atoms with Crippen LogP contribution >= 0.6 is 0 Å². The number of nitrogens with two attached hydrogens (primary N) is 1. The fraction of sp³-hybridized carbons (Fsp3) is 0. The minimum atomic E-state index is -0.104. The molecule has 0 aliphatic carbocycles. The number of anilines is 1. The lowest BCUT2D eigenvalue weighted by molar-refractivity contribution is 1.33. The van der Waals surface area contributed by atoms with Crippen LogP contribution in [0.3, 0.4) is 0 Å². The molecule has 0 atom stereocenters. The highest BCUT2D eigenvalue weighted by atomic mass is 15.0. The predicted molar refractivity (Wildman–Crippen MR) is 64.0 cm³/mol. The molecule has 4 heteroatoms. The molecule has 4 N–H and O–H groups in total. The van der Waals surface area contributed by atoms with Gasteiger partial charge in [0, 0.05) is 29.6 Å². The van der Waals surface area contributed by atoms with Gasteiger partial charge in [0.1, 0.15) is 0 Å². The Labute approximate surface area is 93.6 Å². The van der Waals surface area contributed by atoms with Gasteiger partial charge in [-0.25, -0.2) is 0 Å². The first kappa shape index (κ1) is 10.2. The van der Waals surface area contributed by atoms with Crippen molar-refractivity contribution in [3.63, 3.8) is 0 Å². The van der Waals surface area contributed by atoms with E-state index in [-0.39, 0.29) is 5.96 Å². The van der Waals surface area contributed by atoms with Crippen LogP contribution in [-0.4, -0.2) is 10.9 Å². The van der Waals surface area contributed by atoms with Crippen molar-refractivity contribution in [3.05, 3.63) is 48.8 Å². The average molecular weight is 211 g/mol. The fourth-order valence-corrected chi connectivity index (χ4v) is 1.44. The predicted octanol–water partition coefficient (Wildman–Crippen LogP) is 1.85. The molecule has 0 aliphatic rings. The fourth-order valence-electron chi connectivity index (χ4n) is 1.44. The van der Waals surface area contributed by atoms with Crippen LogP contribution in [0.15, 0.2) is 42.7 Å². The van der Waals surface area contributed by atoms with Gasteiger partial charge in [-0.1, -0.05) is 24.3 Å². The molecule has 0 fully saturated rings. The number of benzene rings is 1. The average Bonchev–Trinajstić information content (AvgIpc) is 2.30. The maximum absolute atomic E-state index is 7.22.